The highest BCUT2D eigenvalue weighted by Gasteiger charge is 2.26. The minimum atomic E-state index is -0.472. The van der Waals surface area contributed by atoms with E-state index in [9.17, 15) is 14.4 Å². The number of carbonyl (C=O) groups excluding carboxylic acids is 3. The molecule has 8 nitrogen and oxygen atoms in total. The summed E-state index contributed by atoms with van der Waals surface area (Å²) in [6.07, 6.45) is 0. The number of hydrogen-bond donors (Lipinski definition) is 1. The van der Waals surface area contributed by atoms with E-state index in [2.05, 4.69) is 5.32 Å². The van der Waals surface area contributed by atoms with Crippen molar-refractivity contribution in [1.29, 1.82) is 0 Å². The Bertz CT molecular complexity index is 978. The average molecular weight is 474 g/mol. The molecule has 1 aliphatic heterocycles. The number of amides is 2. The Morgan fingerprint density at radius 2 is 1.76 bits per heavy atom. The van der Waals surface area contributed by atoms with E-state index in [1.54, 1.807) is 14.0 Å². The van der Waals surface area contributed by atoms with E-state index in [1.165, 1.54) is 11.3 Å². The lowest BCUT2D eigenvalue weighted by atomic mass is 10.0. The molecule has 0 unspecified atom stereocenters. The first-order chi connectivity index (χ1) is 15.8. The number of thiophene rings is 1. The van der Waals surface area contributed by atoms with Crippen LogP contribution in [0.2, 0.25) is 0 Å². The Morgan fingerprint density at radius 3 is 2.33 bits per heavy atom. The summed E-state index contributed by atoms with van der Waals surface area (Å²) in [5, 5.41) is 5.21. The smallest absolute Gasteiger partial charge is 0.341 e. The maximum atomic E-state index is 12.8. The first-order valence-corrected chi connectivity index (χ1v) is 12.0. The number of esters is 1. The molecule has 1 N–H and O–H groups in total. The Labute approximate surface area is 198 Å². The summed E-state index contributed by atoms with van der Waals surface area (Å²) in [6.45, 7) is 8.47. The Hall–Kier alpha value is -2.91. The number of nitrogens with zero attached hydrogens (tertiary/aromatic N) is 2. The second-order valence-electron chi connectivity index (χ2n) is 8.11. The zero-order valence-corrected chi connectivity index (χ0v) is 20.4. The molecule has 0 saturated carbocycles. The van der Waals surface area contributed by atoms with Crippen LogP contribution < -0.4 is 10.1 Å². The first-order valence-electron chi connectivity index (χ1n) is 11.1. The van der Waals surface area contributed by atoms with Crippen molar-refractivity contribution in [2.24, 2.45) is 5.92 Å². The van der Waals surface area contributed by atoms with Gasteiger partial charge in [0, 0.05) is 43.0 Å². The summed E-state index contributed by atoms with van der Waals surface area (Å²) in [4.78, 5) is 41.5. The van der Waals surface area contributed by atoms with Crippen LogP contribution in [0.15, 0.2) is 29.6 Å². The van der Waals surface area contributed by atoms with Crippen LogP contribution in [0.25, 0.3) is 11.1 Å². The van der Waals surface area contributed by atoms with Crippen LogP contribution in [0.4, 0.5) is 5.00 Å². The summed E-state index contributed by atoms with van der Waals surface area (Å²) in [6, 6.07) is 7.38. The van der Waals surface area contributed by atoms with Gasteiger partial charge in [0.25, 0.3) is 0 Å². The van der Waals surface area contributed by atoms with Gasteiger partial charge in [0.05, 0.1) is 20.3 Å². The molecule has 0 atom stereocenters. The topological polar surface area (TPSA) is 88.2 Å². The molecule has 178 valence electrons. The average Bonchev–Trinajstić information content (AvgIpc) is 3.22. The predicted molar refractivity (Wildman–Crippen MR) is 129 cm³/mol. The summed E-state index contributed by atoms with van der Waals surface area (Å²) in [5.74, 6) is 0.158. The quantitative estimate of drug-likeness (QED) is 0.592. The van der Waals surface area contributed by atoms with Crippen LogP contribution in [0.5, 0.6) is 5.75 Å². The number of methoxy groups -OCH3 is 1. The van der Waals surface area contributed by atoms with E-state index < -0.39 is 5.97 Å². The standard InChI is InChI=1S/C24H31N3O5S/c1-5-32-24(30)21-19(17-6-8-18(31-4)9-7-17)15-33-22(21)25-20(28)14-26-10-12-27(13-11-26)23(29)16(2)3/h6-9,15-16H,5,10-14H2,1-4H3,(H,25,28). The minimum Gasteiger partial charge on any atom is -0.497 e. The number of rotatable bonds is 8. The van der Waals surface area contributed by atoms with Gasteiger partial charge in [0.2, 0.25) is 11.8 Å². The molecule has 9 heteroatoms. The maximum Gasteiger partial charge on any atom is 0.341 e. The van der Waals surface area contributed by atoms with Crippen LogP contribution in [0, 0.1) is 5.92 Å². The Kier molecular flexibility index (Phi) is 8.46. The lowest BCUT2D eigenvalue weighted by molar-refractivity contribution is -0.136. The number of nitrogens with one attached hydrogen (secondary N) is 1. The van der Waals surface area contributed by atoms with Crippen LogP contribution in [0.3, 0.4) is 0 Å². The zero-order chi connectivity index (χ0) is 24.0. The van der Waals surface area contributed by atoms with Crippen LogP contribution >= 0.6 is 11.3 Å². The third kappa shape index (κ3) is 6.11. The van der Waals surface area contributed by atoms with Gasteiger partial charge in [-0.25, -0.2) is 4.79 Å². The van der Waals surface area contributed by atoms with E-state index in [0.717, 1.165) is 11.3 Å². The lowest BCUT2D eigenvalue weighted by Crippen LogP contribution is -2.51. The van der Waals surface area contributed by atoms with Crippen LogP contribution in [-0.4, -0.2) is 74.0 Å². The van der Waals surface area contributed by atoms with Crippen molar-refractivity contribution < 1.29 is 23.9 Å². The van der Waals surface area contributed by atoms with E-state index in [0.29, 0.717) is 42.3 Å². The molecule has 0 aliphatic carbocycles. The summed E-state index contributed by atoms with van der Waals surface area (Å²) in [5.41, 5.74) is 1.89. The number of piperazine rings is 1. The second-order valence-corrected chi connectivity index (χ2v) is 8.99. The number of carbonyl (C=O) groups is 3. The Morgan fingerprint density at radius 1 is 1.09 bits per heavy atom. The zero-order valence-electron chi connectivity index (χ0n) is 19.6. The third-order valence-electron chi connectivity index (χ3n) is 5.47. The predicted octanol–water partition coefficient (Wildman–Crippen LogP) is 3.34. The fourth-order valence-corrected chi connectivity index (χ4v) is 4.67. The monoisotopic (exact) mass is 473 g/mol. The first kappa shape index (κ1) is 24.7. The normalized spacial score (nSPS) is 14.3. The van der Waals surface area contributed by atoms with Gasteiger partial charge in [-0.1, -0.05) is 26.0 Å². The maximum absolute atomic E-state index is 12.8. The van der Waals surface area contributed by atoms with Crippen molar-refractivity contribution in [2.45, 2.75) is 20.8 Å². The molecule has 3 rings (SSSR count). The van der Waals surface area contributed by atoms with E-state index in [-0.39, 0.29) is 30.9 Å². The summed E-state index contributed by atoms with van der Waals surface area (Å²) < 4.78 is 10.5. The van der Waals surface area contributed by atoms with Crippen molar-refractivity contribution >= 4 is 34.1 Å². The highest BCUT2D eigenvalue weighted by Crippen LogP contribution is 2.36. The third-order valence-corrected chi connectivity index (χ3v) is 6.37. The van der Waals surface area contributed by atoms with Gasteiger partial charge in [-0.3, -0.25) is 14.5 Å². The molecule has 2 amide bonds. The van der Waals surface area contributed by atoms with Crippen LogP contribution in [0.1, 0.15) is 31.1 Å². The van der Waals surface area contributed by atoms with E-state index in [1.807, 2.05) is 53.3 Å². The summed E-state index contributed by atoms with van der Waals surface area (Å²) in [7, 11) is 1.60. The van der Waals surface area contributed by atoms with Gasteiger partial charge in [-0.05, 0) is 24.6 Å². The largest absolute Gasteiger partial charge is 0.497 e. The number of anilines is 1. The van der Waals surface area contributed by atoms with Gasteiger partial charge in [0.15, 0.2) is 0 Å². The van der Waals surface area contributed by atoms with Crippen molar-refractivity contribution in [3.8, 4) is 16.9 Å². The lowest BCUT2D eigenvalue weighted by Gasteiger charge is -2.35. The number of benzene rings is 1. The molecule has 2 heterocycles. The molecule has 0 spiro atoms. The van der Waals surface area contributed by atoms with Crippen molar-refractivity contribution in [2.75, 3.05) is 51.8 Å². The molecule has 0 bridgehead atoms. The SMILES string of the molecule is CCOC(=O)c1c(-c2ccc(OC)cc2)csc1NC(=O)CN1CCN(C(=O)C(C)C)CC1. The van der Waals surface area contributed by atoms with Gasteiger partial charge in [-0.2, -0.15) is 0 Å². The fourth-order valence-electron chi connectivity index (χ4n) is 3.70. The minimum absolute atomic E-state index is 0.0279. The molecule has 1 aromatic carbocycles. The van der Waals surface area contributed by atoms with Crippen molar-refractivity contribution in [3.05, 3.63) is 35.2 Å². The molecule has 1 fully saturated rings. The summed E-state index contributed by atoms with van der Waals surface area (Å²) >= 11 is 1.30. The highest BCUT2D eigenvalue weighted by atomic mass is 32.1. The molecule has 1 saturated heterocycles. The van der Waals surface area contributed by atoms with E-state index in [4.69, 9.17) is 9.47 Å². The van der Waals surface area contributed by atoms with Gasteiger partial charge in [0.1, 0.15) is 16.3 Å². The molecular formula is C24H31N3O5S. The molecule has 33 heavy (non-hydrogen) atoms. The fraction of sp³-hybridized carbons (Fsp3) is 0.458. The molecule has 1 aliphatic rings. The molecule has 1 aromatic heterocycles. The van der Waals surface area contributed by atoms with Gasteiger partial charge < -0.3 is 19.7 Å². The van der Waals surface area contributed by atoms with Crippen molar-refractivity contribution in [3.63, 3.8) is 0 Å². The van der Waals surface area contributed by atoms with Gasteiger partial charge >= 0.3 is 5.97 Å². The van der Waals surface area contributed by atoms with Crippen molar-refractivity contribution in [1.82, 2.24) is 9.80 Å². The second kappa shape index (κ2) is 11.3. The molecule has 2 aromatic rings. The molecular weight excluding hydrogens is 442 g/mol. The Balaban J connectivity index is 1.70. The highest BCUT2D eigenvalue weighted by molar-refractivity contribution is 7.15. The number of hydrogen-bond acceptors (Lipinski definition) is 7. The van der Waals surface area contributed by atoms with Crippen LogP contribution in [-0.2, 0) is 14.3 Å². The van der Waals surface area contributed by atoms with E-state index >= 15 is 0 Å². The molecule has 0 radical (unpaired) electrons. The number of ether oxygens (including phenoxy) is 2. The van der Waals surface area contributed by atoms with Gasteiger partial charge in [-0.15, -0.1) is 11.3 Å².